The first kappa shape index (κ1) is 15.2. The molecule has 1 N–H and O–H groups in total. The highest BCUT2D eigenvalue weighted by Crippen LogP contribution is 2.38. The summed E-state index contributed by atoms with van der Waals surface area (Å²) in [5, 5.41) is 4.08. The normalized spacial score (nSPS) is 16.2. The highest BCUT2D eigenvalue weighted by molar-refractivity contribution is 7.98. The minimum atomic E-state index is -2.58. The van der Waals surface area contributed by atoms with Gasteiger partial charge in [0.05, 0.1) is 12.1 Å². The molecule has 0 spiro atoms. The number of pyridine rings is 1. The Bertz CT molecular complexity index is 773. The zero-order valence-electron chi connectivity index (χ0n) is 12.3. The minimum Gasteiger partial charge on any atom is -0.364 e. The molecule has 1 fully saturated rings. The Kier molecular flexibility index (Phi) is 3.80. The second-order valence-corrected chi connectivity index (χ2v) is 6.44. The van der Waals surface area contributed by atoms with E-state index in [1.807, 2.05) is 13.2 Å². The van der Waals surface area contributed by atoms with E-state index in [9.17, 15) is 13.6 Å². The number of aromatic nitrogens is 3. The van der Waals surface area contributed by atoms with Gasteiger partial charge in [-0.2, -0.15) is 0 Å². The van der Waals surface area contributed by atoms with E-state index in [0.29, 0.717) is 16.5 Å². The summed E-state index contributed by atoms with van der Waals surface area (Å²) >= 11 is 1.37. The van der Waals surface area contributed by atoms with Crippen LogP contribution in [0.25, 0.3) is 10.9 Å². The molecule has 0 amide bonds. The standard InChI is InChI=1S/C14H16F2N4OS/c1-14(4-5-14)19-11-10-8(17-13(18-11)22-2)3-6-20(12(10)21)7-9(15)16/h3,6,9H,4-5,7H2,1-2H3,(H,17,18,19). The molecule has 2 heterocycles. The molecule has 1 aliphatic carbocycles. The van der Waals surface area contributed by atoms with E-state index in [1.165, 1.54) is 18.0 Å². The quantitative estimate of drug-likeness (QED) is 0.676. The number of halogens is 2. The number of hydrogen-bond donors (Lipinski definition) is 1. The van der Waals surface area contributed by atoms with Crippen LogP contribution in [-0.2, 0) is 6.54 Å². The van der Waals surface area contributed by atoms with Gasteiger partial charge in [0.1, 0.15) is 11.2 Å². The van der Waals surface area contributed by atoms with E-state index in [-0.39, 0.29) is 10.9 Å². The average molecular weight is 326 g/mol. The van der Waals surface area contributed by atoms with Crippen LogP contribution in [0.2, 0.25) is 0 Å². The van der Waals surface area contributed by atoms with Crippen LogP contribution in [0.1, 0.15) is 19.8 Å². The molecule has 0 unspecified atom stereocenters. The maximum Gasteiger partial charge on any atom is 0.263 e. The molecular formula is C14H16F2N4OS. The van der Waals surface area contributed by atoms with Gasteiger partial charge in [0.2, 0.25) is 0 Å². The fraction of sp³-hybridized carbons (Fsp3) is 0.500. The number of anilines is 1. The fourth-order valence-corrected chi connectivity index (χ4v) is 2.60. The monoisotopic (exact) mass is 326 g/mol. The van der Waals surface area contributed by atoms with E-state index >= 15 is 0 Å². The first-order valence-electron chi connectivity index (χ1n) is 6.93. The van der Waals surface area contributed by atoms with E-state index in [1.54, 1.807) is 6.07 Å². The maximum atomic E-state index is 12.6. The van der Waals surface area contributed by atoms with Gasteiger partial charge in [-0.3, -0.25) is 4.79 Å². The molecular weight excluding hydrogens is 310 g/mol. The first-order valence-corrected chi connectivity index (χ1v) is 8.16. The number of alkyl halides is 2. The molecule has 0 atom stereocenters. The highest BCUT2D eigenvalue weighted by atomic mass is 32.2. The summed E-state index contributed by atoms with van der Waals surface area (Å²) in [5.74, 6) is 0.433. The summed E-state index contributed by atoms with van der Waals surface area (Å²) in [5.41, 5.74) is -0.0916. The predicted octanol–water partition coefficient (Wildman–Crippen LogP) is 2.74. The second-order valence-electron chi connectivity index (χ2n) is 5.67. The number of rotatable bonds is 5. The first-order chi connectivity index (χ1) is 10.4. The van der Waals surface area contributed by atoms with Gasteiger partial charge < -0.3 is 9.88 Å². The van der Waals surface area contributed by atoms with Gasteiger partial charge in [-0.1, -0.05) is 11.8 Å². The van der Waals surface area contributed by atoms with Gasteiger partial charge in [-0.05, 0) is 32.1 Å². The Morgan fingerprint density at radius 3 is 2.77 bits per heavy atom. The molecule has 22 heavy (non-hydrogen) atoms. The van der Waals surface area contributed by atoms with Crippen molar-refractivity contribution in [2.45, 2.75) is 43.4 Å². The average Bonchev–Trinajstić information content (AvgIpc) is 3.18. The van der Waals surface area contributed by atoms with Crippen molar-refractivity contribution in [1.29, 1.82) is 0 Å². The lowest BCUT2D eigenvalue weighted by Crippen LogP contribution is -2.26. The third-order valence-electron chi connectivity index (χ3n) is 3.74. The Balaban J connectivity index is 2.18. The molecule has 2 aromatic heterocycles. The molecule has 1 saturated carbocycles. The van der Waals surface area contributed by atoms with Crippen molar-refractivity contribution in [3.63, 3.8) is 0 Å². The van der Waals surface area contributed by atoms with Gasteiger partial charge in [-0.25, -0.2) is 18.7 Å². The molecule has 118 valence electrons. The third kappa shape index (κ3) is 2.92. The fourth-order valence-electron chi connectivity index (χ4n) is 2.23. The van der Waals surface area contributed by atoms with Crippen molar-refractivity contribution in [3.05, 3.63) is 22.6 Å². The summed E-state index contributed by atoms with van der Waals surface area (Å²) in [6.07, 6.45) is 2.60. The van der Waals surface area contributed by atoms with Crippen molar-refractivity contribution in [2.24, 2.45) is 0 Å². The van der Waals surface area contributed by atoms with Crippen LogP contribution in [0.3, 0.4) is 0 Å². The van der Waals surface area contributed by atoms with E-state index in [0.717, 1.165) is 17.4 Å². The van der Waals surface area contributed by atoms with Crippen molar-refractivity contribution >= 4 is 28.5 Å². The number of nitrogens with one attached hydrogen (secondary N) is 1. The largest absolute Gasteiger partial charge is 0.364 e. The Hall–Kier alpha value is -1.70. The van der Waals surface area contributed by atoms with Crippen LogP contribution < -0.4 is 10.9 Å². The molecule has 0 radical (unpaired) electrons. The highest BCUT2D eigenvalue weighted by Gasteiger charge is 2.38. The summed E-state index contributed by atoms with van der Waals surface area (Å²) in [7, 11) is 0. The third-order valence-corrected chi connectivity index (χ3v) is 4.29. The topological polar surface area (TPSA) is 59.8 Å². The van der Waals surface area contributed by atoms with Crippen molar-refractivity contribution in [1.82, 2.24) is 14.5 Å². The number of nitrogens with zero attached hydrogens (tertiary/aromatic N) is 3. The Morgan fingerprint density at radius 1 is 1.45 bits per heavy atom. The van der Waals surface area contributed by atoms with Crippen LogP contribution in [0, 0.1) is 0 Å². The summed E-state index contributed by atoms with van der Waals surface area (Å²) in [6, 6.07) is 1.58. The van der Waals surface area contributed by atoms with Crippen LogP contribution in [0.4, 0.5) is 14.6 Å². The van der Waals surface area contributed by atoms with Crippen LogP contribution >= 0.6 is 11.8 Å². The molecule has 0 saturated heterocycles. The van der Waals surface area contributed by atoms with Crippen molar-refractivity contribution in [3.8, 4) is 0 Å². The van der Waals surface area contributed by atoms with Crippen LogP contribution in [0.5, 0.6) is 0 Å². The number of fused-ring (bicyclic) bond motifs is 1. The van der Waals surface area contributed by atoms with Gasteiger partial charge in [-0.15, -0.1) is 0 Å². The van der Waals surface area contributed by atoms with E-state index in [2.05, 4.69) is 15.3 Å². The van der Waals surface area contributed by atoms with Crippen LogP contribution in [-0.4, -0.2) is 32.8 Å². The van der Waals surface area contributed by atoms with Gasteiger partial charge >= 0.3 is 0 Å². The SMILES string of the molecule is CSc1nc(NC2(C)CC2)c2c(=O)n(CC(F)F)ccc2n1. The minimum absolute atomic E-state index is 0.0766. The molecule has 5 nitrogen and oxygen atoms in total. The van der Waals surface area contributed by atoms with E-state index < -0.39 is 18.5 Å². The summed E-state index contributed by atoms with van der Waals surface area (Å²) in [6.45, 7) is 1.41. The zero-order chi connectivity index (χ0) is 15.9. The lowest BCUT2D eigenvalue weighted by atomic mass is 10.2. The molecule has 8 heteroatoms. The molecule has 2 aromatic rings. The zero-order valence-corrected chi connectivity index (χ0v) is 13.1. The number of thioether (sulfide) groups is 1. The van der Waals surface area contributed by atoms with Gasteiger partial charge in [0, 0.05) is 11.7 Å². The van der Waals surface area contributed by atoms with Crippen molar-refractivity contribution in [2.75, 3.05) is 11.6 Å². The maximum absolute atomic E-state index is 12.6. The Labute approximate surface area is 130 Å². The summed E-state index contributed by atoms with van der Waals surface area (Å²) < 4.78 is 26.2. The molecule has 0 aliphatic heterocycles. The Morgan fingerprint density at radius 2 is 2.18 bits per heavy atom. The van der Waals surface area contributed by atoms with Gasteiger partial charge in [0.25, 0.3) is 12.0 Å². The molecule has 0 bridgehead atoms. The second kappa shape index (κ2) is 5.49. The van der Waals surface area contributed by atoms with Crippen molar-refractivity contribution < 1.29 is 8.78 Å². The molecule has 0 aromatic carbocycles. The lowest BCUT2D eigenvalue weighted by molar-refractivity contribution is 0.125. The molecule has 1 aliphatic rings. The smallest absolute Gasteiger partial charge is 0.263 e. The van der Waals surface area contributed by atoms with Gasteiger partial charge in [0.15, 0.2) is 5.16 Å². The van der Waals surface area contributed by atoms with E-state index in [4.69, 9.17) is 0 Å². The van der Waals surface area contributed by atoms with Crippen LogP contribution in [0.15, 0.2) is 22.2 Å². The number of hydrogen-bond acceptors (Lipinski definition) is 5. The predicted molar refractivity (Wildman–Crippen MR) is 82.8 cm³/mol. The lowest BCUT2D eigenvalue weighted by Gasteiger charge is -2.15. The summed E-state index contributed by atoms with van der Waals surface area (Å²) in [4.78, 5) is 21.2. The molecule has 3 rings (SSSR count).